The van der Waals surface area contributed by atoms with Crippen LogP contribution in [0.3, 0.4) is 0 Å². The molecule has 0 saturated carbocycles. The van der Waals surface area contributed by atoms with Crippen LogP contribution in [0.2, 0.25) is 0 Å². The number of hydrogen-bond acceptors (Lipinski definition) is 2. The lowest BCUT2D eigenvalue weighted by Crippen LogP contribution is -2.38. The van der Waals surface area contributed by atoms with Gasteiger partial charge in [0.25, 0.3) is 0 Å². The Hall–Kier alpha value is -1.02. The lowest BCUT2D eigenvalue weighted by atomic mass is 9.93. The normalized spacial score (nSPS) is 23.6. The molecule has 1 unspecified atom stereocenters. The Morgan fingerprint density at radius 2 is 1.94 bits per heavy atom. The van der Waals surface area contributed by atoms with Gasteiger partial charge in [-0.2, -0.15) is 0 Å². The van der Waals surface area contributed by atoms with Crippen LogP contribution in [0.15, 0.2) is 18.2 Å². The van der Waals surface area contributed by atoms with Gasteiger partial charge in [0.1, 0.15) is 11.9 Å². The Bertz CT molecular complexity index is 407. The smallest absolute Gasteiger partial charge is 0.145 e. The zero-order valence-corrected chi connectivity index (χ0v) is 10.6. The van der Waals surface area contributed by atoms with E-state index in [1.54, 1.807) is 0 Å². The van der Waals surface area contributed by atoms with E-state index < -0.39 is 0 Å². The van der Waals surface area contributed by atoms with E-state index in [4.69, 9.17) is 9.47 Å². The fourth-order valence-corrected chi connectivity index (χ4v) is 2.65. The molecular weight excluding hydrogens is 212 g/mol. The third-order valence-electron chi connectivity index (χ3n) is 3.99. The molecule has 0 aromatic heterocycles. The Morgan fingerprint density at radius 1 is 1.18 bits per heavy atom. The Kier molecular flexibility index (Phi) is 2.83. The summed E-state index contributed by atoms with van der Waals surface area (Å²) in [4.78, 5) is 0. The molecule has 1 aromatic rings. The summed E-state index contributed by atoms with van der Waals surface area (Å²) in [6.45, 7) is 6.12. The zero-order valence-electron chi connectivity index (χ0n) is 10.6. The number of hydrogen-bond donors (Lipinski definition) is 0. The molecule has 0 N–H and O–H groups in total. The fraction of sp³-hybridized carbons (Fsp3) is 0.600. The highest BCUT2D eigenvalue weighted by Crippen LogP contribution is 2.33. The van der Waals surface area contributed by atoms with Crippen LogP contribution in [-0.4, -0.2) is 19.3 Å². The molecule has 0 amide bonds. The van der Waals surface area contributed by atoms with Gasteiger partial charge >= 0.3 is 0 Å². The largest absolute Gasteiger partial charge is 0.486 e. The van der Waals surface area contributed by atoms with Crippen LogP contribution >= 0.6 is 0 Å². The molecule has 0 bridgehead atoms. The van der Waals surface area contributed by atoms with Crippen LogP contribution in [0, 0.1) is 11.8 Å². The molecule has 0 spiro atoms. The van der Waals surface area contributed by atoms with Crippen molar-refractivity contribution >= 4 is 0 Å². The van der Waals surface area contributed by atoms with Crippen LogP contribution in [0.25, 0.3) is 0 Å². The second kappa shape index (κ2) is 4.34. The van der Waals surface area contributed by atoms with E-state index in [-0.39, 0.29) is 6.10 Å². The highest BCUT2D eigenvalue weighted by atomic mass is 16.6. The number of rotatable bonds is 3. The van der Waals surface area contributed by atoms with Gasteiger partial charge in [-0.05, 0) is 47.9 Å². The van der Waals surface area contributed by atoms with E-state index >= 15 is 0 Å². The molecule has 1 atom stereocenters. The van der Waals surface area contributed by atoms with Crippen molar-refractivity contribution in [2.75, 3.05) is 13.2 Å². The van der Waals surface area contributed by atoms with Crippen LogP contribution < -0.4 is 4.74 Å². The number of benzene rings is 1. The van der Waals surface area contributed by atoms with E-state index in [9.17, 15) is 0 Å². The summed E-state index contributed by atoms with van der Waals surface area (Å²) in [6.07, 6.45) is 2.72. The van der Waals surface area contributed by atoms with Gasteiger partial charge in [-0.25, -0.2) is 0 Å². The quantitative estimate of drug-likeness (QED) is 0.798. The van der Waals surface area contributed by atoms with Crippen LogP contribution in [-0.2, 0) is 17.6 Å². The van der Waals surface area contributed by atoms with Crippen molar-refractivity contribution in [3.8, 4) is 5.75 Å². The van der Waals surface area contributed by atoms with Gasteiger partial charge in [-0.15, -0.1) is 0 Å². The maximum Gasteiger partial charge on any atom is 0.145 e. The van der Waals surface area contributed by atoms with E-state index in [2.05, 4.69) is 32.0 Å². The molecule has 2 nitrogen and oxygen atoms in total. The van der Waals surface area contributed by atoms with Gasteiger partial charge in [0.2, 0.25) is 0 Å². The summed E-state index contributed by atoms with van der Waals surface area (Å²) in [7, 11) is 0. The van der Waals surface area contributed by atoms with Crippen molar-refractivity contribution in [2.45, 2.75) is 32.8 Å². The minimum absolute atomic E-state index is 0.273. The maximum absolute atomic E-state index is 5.85. The van der Waals surface area contributed by atoms with Gasteiger partial charge in [0.15, 0.2) is 0 Å². The van der Waals surface area contributed by atoms with E-state index in [0.29, 0.717) is 0 Å². The highest BCUT2D eigenvalue weighted by molar-refractivity contribution is 5.39. The molecule has 3 rings (SSSR count). The van der Waals surface area contributed by atoms with Crippen molar-refractivity contribution in [3.05, 3.63) is 29.3 Å². The SMILES string of the molecule is CC(C)C1Cc2ccc(OC3COC3)cc2C1. The average molecular weight is 232 g/mol. The third-order valence-corrected chi connectivity index (χ3v) is 3.99. The topological polar surface area (TPSA) is 18.5 Å². The molecule has 2 heteroatoms. The first-order valence-corrected chi connectivity index (χ1v) is 6.58. The van der Waals surface area contributed by atoms with Gasteiger partial charge in [0, 0.05) is 0 Å². The summed E-state index contributed by atoms with van der Waals surface area (Å²) in [5.41, 5.74) is 3.00. The first kappa shape index (κ1) is 11.1. The van der Waals surface area contributed by atoms with Crippen molar-refractivity contribution in [1.82, 2.24) is 0 Å². The summed E-state index contributed by atoms with van der Waals surface area (Å²) in [6, 6.07) is 6.59. The molecule has 17 heavy (non-hydrogen) atoms. The van der Waals surface area contributed by atoms with Crippen LogP contribution in [0.5, 0.6) is 5.75 Å². The fourth-order valence-electron chi connectivity index (χ4n) is 2.65. The monoisotopic (exact) mass is 232 g/mol. The van der Waals surface area contributed by atoms with Gasteiger partial charge in [-0.1, -0.05) is 19.9 Å². The number of fused-ring (bicyclic) bond motifs is 1. The molecule has 1 fully saturated rings. The summed E-state index contributed by atoms with van der Waals surface area (Å²) in [5.74, 6) is 2.60. The Balaban J connectivity index is 1.72. The zero-order chi connectivity index (χ0) is 11.8. The molecule has 1 aromatic carbocycles. The second-order valence-electron chi connectivity index (χ2n) is 5.62. The molecule has 1 heterocycles. The lowest BCUT2D eigenvalue weighted by Gasteiger charge is -2.26. The van der Waals surface area contributed by atoms with E-state index in [0.717, 1.165) is 30.8 Å². The van der Waals surface area contributed by atoms with Gasteiger partial charge in [-0.3, -0.25) is 0 Å². The molecule has 1 aliphatic carbocycles. The predicted octanol–water partition coefficient (Wildman–Crippen LogP) is 2.84. The summed E-state index contributed by atoms with van der Waals surface area (Å²) in [5, 5.41) is 0. The molecule has 1 aliphatic heterocycles. The highest BCUT2D eigenvalue weighted by Gasteiger charge is 2.25. The standard InChI is InChI=1S/C15H20O2/c1-10(2)12-5-11-3-4-14(7-13(11)6-12)17-15-8-16-9-15/h3-4,7,10,12,15H,5-6,8-9H2,1-2H3. The molecule has 0 radical (unpaired) electrons. The van der Waals surface area contributed by atoms with Gasteiger partial charge < -0.3 is 9.47 Å². The first-order chi connectivity index (χ1) is 8.22. The lowest BCUT2D eigenvalue weighted by molar-refractivity contribution is -0.0797. The minimum Gasteiger partial charge on any atom is -0.486 e. The van der Waals surface area contributed by atoms with Crippen molar-refractivity contribution in [3.63, 3.8) is 0 Å². The summed E-state index contributed by atoms with van der Waals surface area (Å²) >= 11 is 0. The molecule has 92 valence electrons. The van der Waals surface area contributed by atoms with Crippen molar-refractivity contribution < 1.29 is 9.47 Å². The van der Waals surface area contributed by atoms with Crippen molar-refractivity contribution in [1.29, 1.82) is 0 Å². The summed E-state index contributed by atoms with van der Waals surface area (Å²) < 4.78 is 11.0. The Morgan fingerprint density at radius 3 is 2.59 bits per heavy atom. The van der Waals surface area contributed by atoms with Crippen LogP contribution in [0.4, 0.5) is 0 Å². The van der Waals surface area contributed by atoms with Gasteiger partial charge in [0.05, 0.1) is 13.2 Å². The molecule has 1 saturated heterocycles. The van der Waals surface area contributed by atoms with E-state index in [1.807, 2.05) is 0 Å². The predicted molar refractivity (Wildman–Crippen MR) is 67.4 cm³/mol. The Labute approximate surface area is 103 Å². The average Bonchev–Trinajstić information content (AvgIpc) is 2.66. The maximum atomic E-state index is 5.85. The minimum atomic E-state index is 0.273. The van der Waals surface area contributed by atoms with Crippen LogP contribution in [0.1, 0.15) is 25.0 Å². The molecular formula is C15H20O2. The van der Waals surface area contributed by atoms with E-state index in [1.165, 1.54) is 24.0 Å². The second-order valence-corrected chi connectivity index (χ2v) is 5.62. The number of ether oxygens (including phenoxy) is 2. The van der Waals surface area contributed by atoms with Crippen molar-refractivity contribution in [2.24, 2.45) is 11.8 Å². The molecule has 2 aliphatic rings. The third kappa shape index (κ3) is 2.19. The first-order valence-electron chi connectivity index (χ1n) is 6.58.